The molecule has 104 valence electrons. The number of pyridine rings is 1. The number of hydrogen-bond donors (Lipinski definition) is 2. The number of piperidine rings is 1. The number of nitrogen functional groups attached to an aromatic ring is 1. The van der Waals surface area contributed by atoms with Crippen LogP contribution in [0.1, 0.15) is 29.8 Å². The van der Waals surface area contributed by atoms with Crippen LogP contribution in [0.25, 0.3) is 0 Å². The summed E-state index contributed by atoms with van der Waals surface area (Å²) in [5.74, 6) is 0.0699. The fourth-order valence-corrected chi connectivity index (χ4v) is 2.38. The molecule has 0 radical (unpaired) electrons. The molecule has 6 nitrogen and oxygen atoms in total. The van der Waals surface area contributed by atoms with E-state index in [1.807, 2.05) is 4.90 Å². The Hall–Kier alpha value is -1.82. The predicted molar refractivity (Wildman–Crippen MR) is 72.1 cm³/mol. The molecule has 0 spiro atoms. The molecular formula is C13H19N3O3. The van der Waals surface area contributed by atoms with E-state index in [0.717, 1.165) is 25.8 Å². The number of hydrogen-bond acceptors (Lipinski definition) is 6. The highest BCUT2D eigenvalue weighted by Crippen LogP contribution is 2.28. The molecule has 2 heterocycles. The number of rotatable bonds is 3. The fourth-order valence-electron chi connectivity index (χ4n) is 2.38. The van der Waals surface area contributed by atoms with Gasteiger partial charge in [-0.25, -0.2) is 9.78 Å². The van der Waals surface area contributed by atoms with Crippen LogP contribution >= 0.6 is 0 Å². The zero-order valence-corrected chi connectivity index (χ0v) is 11.0. The number of aliphatic hydroxyl groups is 1. The second-order valence-electron chi connectivity index (χ2n) is 4.63. The molecule has 1 fully saturated rings. The zero-order valence-electron chi connectivity index (χ0n) is 11.0. The summed E-state index contributed by atoms with van der Waals surface area (Å²) in [6.45, 7) is 0.844. The summed E-state index contributed by atoms with van der Waals surface area (Å²) >= 11 is 0. The SMILES string of the molecule is COC(=O)c1ccc(N)c(N2CCCCC2CO)n1. The maximum absolute atomic E-state index is 11.5. The third-order valence-electron chi connectivity index (χ3n) is 3.41. The van der Waals surface area contributed by atoms with Crippen molar-refractivity contribution in [1.29, 1.82) is 0 Å². The van der Waals surface area contributed by atoms with Crippen LogP contribution in [0.3, 0.4) is 0 Å². The van der Waals surface area contributed by atoms with Crippen LogP contribution in [0.2, 0.25) is 0 Å². The molecule has 0 bridgehead atoms. The largest absolute Gasteiger partial charge is 0.464 e. The quantitative estimate of drug-likeness (QED) is 0.786. The monoisotopic (exact) mass is 265 g/mol. The van der Waals surface area contributed by atoms with Gasteiger partial charge in [0.25, 0.3) is 0 Å². The lowest BCUT2D eigenvalue weighted by Gasteiger charge is -2.36. The highest BCUT2D eigenvalue weighted by atomic mass is 16.5. The first kappa shape index (κ1) is 13.6. The lowest BCUT2D eigenvalue weighted by Crippen LogP contribution is -2.42. The molecule has 19 heavy (non-hydrogen) atoms. The fraction of sp³-hybridized carbons (Fsp3) is 0.538. The molecule has 1 aromatic rings. The number of esters is 1. The minimum absolute atomic E-state index is 0.0106. The Morgan fingerprint density at radius 3 is 3.05 bits per heavy atom. The molecule has 1 saturated heterocycles. The number of carbonyl (C=O) groups excluding carboxylic acids is 1. The van der Waals surface area contributed by atoms with Crippen molar-refractivity contribution in [2.45, 2.75) is 25.3 Å². The van der Waals surface area contributed by atoms with Gasteiger partial charge in [0.1, 0.15) is 0 Å². The van der Waals surface area contributed by atoms with E-state index in [1.165, 1.54) is 7.11 Å². The molecule has 1 unspecified atom stereocenters. The average Bonchev–Trinajstić information content (AvgIpc) is 2.47. The van der Waals surface area contributed by atoms with Crippen LogP contribution in [0.15, 0.2) is 12.1 Å². The van der Waals surface area contributed by atoms with Crippen LogP contribution < -0.4 is 10.6 Å². The van der Waals surface area contributed by atoms with Gasteiger partial charge in [0.05, 0.1) is 25.4 Å². The van der Waals surface area contributed by atoms with E-state index in [-0.39, 0.29) is 18.3 Å². The summed E-state index contributed by atoms with van der Waals surface area (Å²) in [6.07, 6.45) is 3.01. The van der Waals surface area contributed by atoms with Crippen molar-refractivity contribution in [2.24, 2.45) is 0 Å². The van der Waals surface area contributed by atoms with Crippen molar-refractivity contribution in [3.63, 3.8) is 0 Å². The van der Waals surface area contributed by atoms with E-state index in [1.54, 1.807) is 12.1 Å². The second kappa shape index (κ2) is 5.88. The maximum Gasteiger partial charge on any atom is 0.356 e. The molecule has 6 heteroatoms. The Morgan fingerprint density at radius 1 is 1.58 bits per heavy atom. The molecule has 2 rings (SSSR count). The van der Waals surface area contributed by atoms with Gasteiger partial charge in [-0.3, -0.25) is 0 Å². The van der Waals surface area contributed by atoms with E-state index in [0.29, 0.717) is 11.5 Å². The molecule has 1 aliphatic heterocycles. The standard InChI is InChI=1S/C13H19N3O3/c1-19-13(18)11-6-5-10(14)12(15-11)16-7-3-2-4-9(16)8-17/h5-6,9,17H,2-4,7-8,14H2,1H3. The average molecular weight is 265 g/mol. The molecule has 0 amide bonds. The van der Waals surface area contributed by atoms with Crippen molar-refractivity contribution in [1.82, 2.24) is 4.98 Å². The van der Waals surface area contributed by atoms with Crippen LogP contribution in [0, 0.1) is 0 Å². The number of methoxy groups -OCH3 is 1. The smallest absolute Gasteiger partial charge is 0.356 e. The molecule has 0 saturated carbocycles. The third-order valence-corrected chi connectivity index (χ3v) is 3.41. The van der Waals surface area contributed by atoms with Crippen molar-refractivity contribution in [2.75, 3.05) is 30.9 Å². The Balaban J connectivity index is 2.34. The van der Waals surface area contributed by atoms with Crippen molar-refractivity contribution >= 4 is 17.5 Å². The van der Waals surface area contributed by atoms with Crippen LogP contribution in [-0.4, -0.2) is 42.4 Å². The molecule has 1 atom stereocenters. The Kier molecular flexibility index (Phi) is 4.21. The highest BCUT2D eigenvalue weighted by Gasteiger charge is 2.25. The Labute approximate surface area is 112 Å². The first-order valence-electron chi connectivity index (χ1n) is 6.39. The van der Waals surface area contributed by atoms with Crippen LogP contribution in [0.5, 0.6) is 0 Å². The van der Waals surface area contributed by atoms with Crippen LogP contribution in [-0.2, 0) is 4.74 Å². The van der Waals surface area contributed by atoms with Gasteiger partial charge >= 0.3 is 5.97 Å². The number of aliphatic hydroxyl groups excluding tert-OH is 1. The van der Waals surface area contributed by atoms with E-state index >= 15 is 0 Å². The van der Waals surface area contributed by atoms with Gasteiger partial charge in [-0.1, -0.05) is 0 Å². The molecule has 1 aromatic heterocycles. The van der Waals surface area contributed by atoms with E-state index in [9.17, 15) is 9.90 Å². The summed E-state index contributed by atoms with van der Waals surface area (Å²) in [4.78, 5) is 17.8. The number of aromatic nitrogens is 1. The summed E-state index contributed by atoms with van der Waals surface area (Å²) in [6, 6.07) is 3.21. The van der Waals surface area contributed by atoms with Gasteiger partial charge in [0, 0.05) is 6.54 Å². The molecular weight excluding hydrogens is 246 g/mol. The summed E-state index contributed by atoms with van der Waals surface area (Å²) in [7, 11) is 1.32. The highest BCUT2D eigenvalue weighted by molar-refractivity contribution is 5.88. The lowest BCUT2D eigenvalue weighted by molar-refractivity contribution is 0.0594. The normalized spacial score (nSPS) is 19.3. The Bertz CT molecular complexity index is 464. The van der Waals surface area contributed by atoms with Crippen molar-refractivity contribution < 1.29 is 14.6 Å². The molecule has 1 aliphatic rings. The first-order chi connectivity index (χ1) is 9.17. The number of nitrogens with two attached hydrogens (primary N) is 1. The predicted octanol–water partition coefficient (Wildman–Crippen LogP) is 0.802. The van der Waals surface area contributed by atoms with Gasteiger partial charge < -0.3 is 20.5 Å². The minimum atomic E-state index is -0.487. The lowest BCUT2D eigenvalue weighted by atomic mass is 10.0. The van der Waals surface area contributed by atoms with Gasteiger partial charge in [0.15, 0.2) is 11.5 Å². The Morgan fingerprint density at radius 2 is 2.37 bits per heavy atom. The van der Waals surface area contributed by atoms with Crippen LogP contribution in [0.4, 0.5) is 11.5 Å². The molecule has 0 aliphatic carbocycles. The number of anilines is 2. The topological polar surface area (TPSA) is 88.7 Å². The van der Waals surface area contributed by atoms with Gasteiger partial charge in [-0.05, 0) is 31.4 Å². The number of nitrogens with zero attached hydrogens (tertiary/aromatic N) is 2. The van der Waals surface area contributed by atoms with Gasteiger partial charge in [-0.2, -0.15) is 0 Å². The van der Waals surface area contributed by atoms with E-state index in [4.69, 9.17) is 5.73 Å². The maximum atomic E-state index is 11.5. The molecule has 0 aromatic carbocycles. The number of ether oxygens (including phenoxy) is 1. The second-order valence-corrected chi connectivity index (χ2v) is 4.63. The summed E-state index contributed by atoms with van der Waals surface area (Å²) in [5, 5.41) is 9.44. The minimum Gasteiger partial charge on any atom is -0.464 e. The summed E-state index contributed by atoms with van der Waals surface area (Å²) < 4.78 is 4.66. The van der Waals surface area contributed by atoms with E-state index in [2.05, 4.69) is 9.72 Å². The zero-order chi connectivity index (χ0) is 13.8. The van der Waals surface area contributed by atoms with E-state index < -0.39 is 5.97 Å². The van der Waals surface area contributed by atoms with Gasteiger partial charge in [0.2, 0.25) is 0 Å². The van der Waals surface area contributed by atoms with Crippen molar-refractivity contribution in [3.8, 4) is 0 Å². The third kappa shape index (κ3) is 2.78. The first-order valence-corrected chi connectivity index (χ1v) is 6.39. The number of carbonyl (C=O) groups is 1. The van der Waals surface area contributed by atoms with Gasteiger partial charge in [-0.15, -0.1) is 0 Å². The van der Waals surface area contributed by atoms with Crippen molar-refractivity contribution in [3.05, 3.63) is 17.8 Å². The molecule has 3 N–H and O–H groups in total. The summed E-state index contributed by atoms with van der Waals surface area (Å²) in [5.41, 5.74) is 6.68.